The van der Waals surface area contributed by atoms with Crippen LogP contribution < -0.4 is 4.74 Å². The fourth-order valence-electron chi connectivity index (χ4n) is 2.29. The molecule has 1 aromatic carbocycles. The van der Waals surface area contributed by atoms with Crippen molar-refractivity contribution in [2.24, 2.45) is 5.41 Å². The van der Waals surface area contributed by atoms with E-state index in [1.165, 1.54) is 0 Å². The number of aliphatic carboxylic acids is 1. The standard InChI is InChI=1S/C15H22O3/c1-5-8-15(3,14(16)17)10-12-9-11(2)6-7-13(12)18-4/h6-7,9H,5,8,10H2,1-4H3,(H,16,17). The number of carboxylic acid groups (broad SMARTS) is 1. The Morgan fingerprint density at radius 2 is 2.11 bits per heavy atom. The molecule has 0 amide bonds. The van der Waals surface area contributed by atoms with E-state index in [9.17, 15) is 9.90 Å². The molecule has 0 aliphatic rings. The maximum absolute atomic E-state index is 11.5. The molecule has 18 heavy (non-hydrogen) atoms. The highest BCUT2D eigenvalue weighted by Gasteiger charge is 2.33. The Labute approximate surface area is 109 Å². The Morgan fingerprint density at radius 1 is 1.44 bits per heavy atom. The van der Waals surface area contributed by atoms with Gasteiger partial charge in [-0.25, -0.2) is 0 Å². The van der Waals surface area contributed by atoms with Crippen molar-refractivity contribution in [2.75, 3.05) is 7.11 Å². The molecule has 1 atom stereocenters. The van der Waals surface area contributed by atoms with Gasteiger partial charge in [-0.15, -0.1) is 0 Å². The van der Waals surface area contributed by atoms with Gasteiger partial charge >= 0.3 is 5.97 Å². The summed E-state index contributed by atoms with van der Waals surface area (Å²) in [7, 11) is 1.62. The quantitative estimate of drug-likeness (QED) is 0.841. The van der Waals surface area contributed by atoms with E-state index in [-0.39, 0.29) is 0 Å². The molecule has 0 aromatic heterocycles. The number of benzene rings is 1. The molecule has 0 spiro atoms. The van der Waals surface area contributed by atoms with Gasteiger partial charge in [-0.3, -0.25) is 4.79 Å². The van der Waals surface area contributed by atoms with Crippen LogP contribution in [-0.4, -0.2) is 18.2 Å². The van der Waals surface area contributed by atoms with E-state index in [1.54, 1.807) is 14.0 Å². The van der Waals surface area contributed by atoms with Crippen molar-refractivity contribution in [3.8, 4) is 5.75 Å². The number of rotatable bonds is 6. The van der Waals surface area contributed by atoms with Crippen molar-refractivity contribution in [2.45, 2.75) is 40.0 Å². The van der Waals surface area contributed by atoms with Crippen LogP contribution in [-0.2, 0) is 11.2 Å². The summed E-state index contributed by atoms with van der Waals surface area (Å²) in [6.07, 6.45) is 2.03. The highest BCUT2D eigenvalue weighted by Crippen LogP contribution is 2.32. The Balaban J connectivity index is 3.07. The van der Waals surface area contributed by atoms with Crippen molar-refractivity contribution in [3.05, 3.63) is 29.3 Å². The molecule has 3 heteroatoms. The number of aryl methyl sites for hydroxylation is 1. The summed E-state index contributed by atoms with van der Waals surface area (Å²) < 4.78 is 5.31. The van der Waals surface area contributed by atoms with Crippen LogP contribution in [0.5, 0.6) is 5.75 Å². The third-order valence-corrected chi connectivity index (χ3v) is 3.33. The molecular weight excluding hydrogens is 228 g/mol. The minimum Gasteiger partial charge on any atom is -0.496 e. The summed E-state index contributed by atoms with van der Waals surface area (Å²) in [5.74, 6) is 0.0251. The van der Waals surface area contributed by atoms with Crippen LogP contribution in [0.4, 0.5) is 0 Å². The Hall–Kier alpha value is -1.51. The molecule has 1 rings (SSSR count). The second-order valence-electron chi connectivity index (χ2n) is 5.11. The molecule has 3 nitrogen and oxygen atoms in total. The van der Waals surface area contributed by atoms with Crippen molar-refractivity contribution >= 4 is 5.97 Å². The highest BCUT2D eigenvalue weighted by molar-refractivity contribution is 5.74. The van der Waals surface area contributed by atoms with Gasteiger partial charge < -0.3 is 9.84 Å². The van der Waals surface area contributed by atoms with Crippen LogP contribution in [0.1, 0.15) is 37.8 Å². The van der Waals surface area contributed by atoms with E-state index < -0.39 is 11.4 Å². The molecule has 1 unspecified atom stereocenters. The number of ether oxygens (including phenoxy) is 1. The van der Waals surface area contributed by atoms with E-state index in [0.29, 0.717) is 12.8 Å². The molecule has 0 heterocycles. The molecule has 0 radical (unpaired) electrons. The van der Waals surface area contributed by atoms with Gasteiger partial charge in [0, 0.05) is 0 Å². The lowest BCUT2D eigenvalue weighted by atomic mass is 9.79. The van der Waals surface area contributed by atoms with Crippen LogP contribution in [0.3, 0.4) is 0 Å². The predicted octanol–water partition coefficient (Wildman–Crippen LogP) is 3.44. The van der Waals surface area contributed by atoms with Crippen molar-refractivity contribution in [1.82, 2.24) is 0 Å². The monoisotopic (exact) mass is 250 g/mol. The molecule has 0 fully saturated rings. The summed E-state index contributed by atoms with van der Waals surface area (Å²) in [6.45, 7) is 5.82. The van der Waals surface area contributed by atoms with Crippen LogP contribution in [0.2, 0.25) is 0 Å². The second-order valence-corrected chi connectivity index (χ2v) is 5.11. The maximum Gasteiger partial charge on any atom is 0.309 e. The first-order chi connectivity index (χ1) is 8.42. The first kappa shape index (κ1) is 14.6. The summed E-state index contributed by atoms with van der Waals surface area (Å²) in [6, 6.07) is 5.88. The summed E-state index contributed by atoms with van der Waals surface area (Å²) >= 11 is 0. The predicted molar refractivity (Wildman–Crippen MR) is 72.1 cm³/mol. The highest BCUT2D eigenvalue weighted by atomic mass is 16.5. The number of hydrogen-bond acceptors (Lipinski definition) is 2. The van der Waals surface area contributed by atoms with Crippen LogP contribution in [0.25, 0.3) is 0 Å². The van der Waals surface area contributed by atoms with E-state index in [1.807, 2.05) is 32.0 Å². The third-order valence-electron chi connectivity index (χ3n) is 3.33. The fraction of sp³-hybridized carbons (Fsp3) is 0.533. The molecule has 1 N–H and O–H groups in total. The first-order valence-corrected chi connectivity index (χ1v) is 6.30. The SMILES string of the molecule is CCCC(C)(Cc1cc(C)ccc1OC)C(=O)O. The Morgan fingerprint density at radius 3 is 2.61 bits per heavy atom. The topological polar surface area (TPSA) is 46.5 Å². The molecule has 100 valence electrons. The van der Waals surface area contributed by atoms with Crippen molar-refractivity contribution < 1.29 is 14.6 Å². The zero-order valence-electron chi connectivity index (χ0n) is 11.6. The van der Waals surface area contributed by atoms with Gasteiger partial charge in [-0.2, -0.15) is 0 Å². The third kappa shape index (κ3) is 3.25. The zero-order chi connectivity index (χ0) is 13.8. The van der Waals surface area contributed by atoms with Gasteiger partial charge in [0.15, 0.2) is 0 Å². The molecule has 0 saturated heterocycles. The van der Waals surface area contributed by atoms with E-state index in [4.69, 9.17) is 4.74 Å². The largest absolute Gasteiger partial charge is 0.496 e. The lowest BCUT2D eigenvalue weighted by Gasteiger charge is -2.25. The summed E-state index contributed by atoms with van der Waals surface area (Å²) in [4.78, 5) is 11.5. The number of hydrogen-bond donors (Lipinski definition) is 1. The summed E-state index contributed by atoms with van der Waals surface area (Å²) in [5.41, 5.74) is 1.36. The van der Waals surface area contributed by atoms with Crippen molar-refractivity contribution in [3.63, 3.8) is 0 Å². The summed E-state index contributed by atoms with van der Waals surface area (Å²) in [5, 5.41) is 9.42. The van der Waals surface area contributed by atoms with Gasteiger partial charge in [0.05, 0.1) is 12.5 Å². The lowest BCUT2D eigenvalue weighted by molar-refractivity contribution is -0.148. The van der Waals surface area contributed by atoms with Gasteiger partial charge in [0.2, 0.25) is 0 Å². The normalized spacial score (nSPS) is 14.0. The average molecular weight is 250 g/mol. The fourth-order valence-corrected chi connectivity index (χ4v) is 2.29. The first-order valence-electron chi connectivity index (χ1n) is 6.30. The van der Waals surface area contributed by atoms with E-state index in [2.05, 4.69) is 0 Å². The van der Waals surface area contributed by atoms with E-state index in [0.717, 1.165) is 23.3 Å². The number of methoxy groups -OCH3 is 1. The molecular formula is C15H22O3. The molecule has 0 saturated carbocycles. The Kier molecular flexibility index (Phi) is 4.76. The molecule has 0 aliphatic heterocycles. The molecule has 0 aliphatic carbocycles. The number of carboxylic acids is 1. The number of carbonyl (C=O) groups is 1. The molecule has 1 aromatic rings. The minimum atomic E-state index is -0.743. The second kappa shape index (κ2) is 5.89. The van der Waals surface area contributed by atoms with Crippen LogP contribution in [0.15, 0.2) is 18.2 Å². The zero-order valence-corrected chi connectivity index (χ0v) is 11.6. The minimum absolute atomic E-state index is 0.501. The van der Waals surface area contributed by atoms with Gasteiger partial charge in [-0.1, -0.05) is 31.0 Å². The Bertz CT molecular complexity index is 426. The van der Waals surface area contributed by atoms with Gasteiger partial charge in [0.25, 0.3) is 0 Å². The van der Waals surface area contributed by atoms with Crippen LogP contribution >= 0.6 is 0 Å². The smallest absolute Gasteiger partial charge is 0.309 e. The van der Waals surface area contributed by atoms with Crippen LogP contribution in [0, 0.1) is 12.3 Å². The van der Waals surface area contributed by atoms with Gasteiger partial charge in [-0.05, 0) is 38.3 Å². The maximum atomic E-state index is 11.5. The lowest BCUT2D eigenvalue weighted by Crippen LogP contribution is -2.30. The van der Waals surface area contributed by atoms with Gasteiger partial charge in [0.1, 0.15) is 5.75 Å². The average Bonchev–Trinajstić information content (AvgIpc) is 2.29. The molecule has 0 bridgehead atoms. The van der Waals surface area contributed by atoms with E-state index >= 15 is 0 Å². The van der Waals surface area contributed by atoms with Crippen molar-refractivity contribution in [1.29, 1.82) is 0 Å².